The summed E-state index contributed by atoms with van der Waals surface area (Å²) in [4.78, 5) is -0.581. The number of halogens is 4. The van der Waals surface area contributed by atoms with Gasteiger partial charge in [-0.1, -0.05) is 11.6 Å². The minimum absolute atomic E-state index is 0.0480. The molecule has 2 rings (SSSR count). The number of benzene rings is 2. The maximum Gasteiger partial charge on any atom is 0.417 e. The van der Waals surface area contributed by atoms with Crippen molar-refractivity contribution in [1.29, 1.82) is 0 Å². The Hall–Kier alpha value is -2.13. The molecule has 0 bridgehead atoms. The molecule has 2 aromatic carbocycles. The van der Waals surface area contributed by atoms with Gasteiger partial charge in [-0.3, -0.25) is 4.72 Å². The molecule has 1 N–H and O–H groups in total. The Kier molecular flexibility index (Phi) is 5.38. The molecule has 0 saturated carbocycles. The molecule has 0 atom stereocenters. The van der Waals surface area contributed by atoms with E-state index in [4.69, 9.17) is 21.1 Å². The molecule has 0 radical (unpaired) electrons. The molecule has 0 saturated heterocycles. The van der Waals surface area contributed by atoms with Crippen molar-refractivity contribution in [1.82, 2.24) is 0 Å². The molecule has 136 valence electrons. The van der Waals surface area contributed by atoms with E-state index in [0.717, 1.165) is 12.1 Å². The second-order valence-electron chi connectivity index (χ2n) is 4.81. The molecule has 0 aromatic heterocycles. The third-order valence-electron chi connectivity index (χ3n) is 3.21. The predicted molar refractivity (Wildman–Crippen MR) is 86.8 cm³/mol. The summed E-state index contributed by atoms with van der Waals surface area (Å²) < 4.78 is 75.8. The topological polar surface area (TPSA) is 64.6 Å². The van der Waals surface area contributed by atoms with Crippen molar-refractivity contribution >= 4 is 27.3 Å². The zero-order chi connectivity index (χ0) is 18.8. The fourth-order valence-corrected chi connectivity index (χ4v) is 3.30. The van der Waals surface area contributed by atoms with Crippen molar-refractivity contribution in [3.8, 4) is 11.5 Å². The molecular formula is C15H13ClF3NO4S. The van der Waals surface area contributed by atoms with Crippen LogP contribution >= 0.6 is 11.6 Å². The van der Waals surface area contributed by atoms with Gasteiger partial charge in [-0.15, -0.1) is 0 Å². The summed E-state index contributed by atoms with van der Waals surface area (Å²) in [6, 6.07) is 6.61. The van der Waals surface area contributed by atoms with Crippen LogP contribution in [-0.2, 0) is 16.2 Å². The number of hydrogen-bond donors (Lipinski definition) is 1. The molecular weight excluding hydrogens is 383 g/mol. The van der Waals surface area contributed by atoms with Crippen LogP contribution in [-0.4, -0.2) is 22.6 Å². The highest BCUT2D eigenvalue weighted by Gasteiger charge is 2.34. The minimum Gasteiger partial charge on any atom is -0.497 e. The quantitative estimate of drug-likeness (QED) is 0.825. The van der Waals surface area contributed by atoms with E-state index in [9.17, 15) is 21.6 Å². The van der Waals surface area contributed by atoms with Crippen molar-refractivity contribution in [3.05, 3.63) is 47.0 Å². The van der Waals surface area contributed by atoms with Crippen LogP contribution in [0.1, 0.15) is 5.56 Å². The van der Waals surface area contributed by atoms with Crippen LogP contribution < -0.4 is 14.2 Å². The third kappa shape index (κ3) is 4.29. The number of methoxy groups -OCH3 is 2. The maximum absolute atomic E-state index is 12.9. The van der Waals surface area contributed by atoms with E-state index in [1.54, 1.807) is 0 Å². The minimum atomic E-state index is -4.78. The maximum atomic E-state index is 12.9. The number of anilines is 1. The number of rotatable bonds is 5. The van der Waals surface area contributed by atoms with E-state index in [-0.39, 0.29) is 11.4 Å². The normalized spacial score (nSPS) is 11.9. The molecule has 0 fully saturated rings. The van der Waals surface area contributed by atoms with Crippen LogP contribution in [0.3, 0.4) is 0 Å². The third-order valence-corrected chi connectivity index (χ3v) is 4.90. The van der Waals surface area contributed by atoms with Crippen molar-refractivity contribution in [2.24, 2.45) is 0 Å². The van der Waals surface area contributed by atoms with E-state index < -0.39 is 31.7 Å². The van der Waals surface area contributed by atoms with Gasteiger partial charge in [0.1, 0.15) is 11.5 Å². The summed E-state index contributed by atoms with van der Waals surface area (Å²) in [5.41, 5.74) is -1.19. The van der Waals surface area contributed by atoms with Gasteiger partial charge in [0.15, 0.2) is 0 Å². The lowest BCUT2D eigenvalue weighted by atomic mass is 10.2. The standard InChI is InChI=1S/C15H13ClF3NO4S/c1-23-9-3-6-13(14(7-9)24-2)20-25(21,22)10-4-5-12(16)11(8-10)15(17,18)19/h3-8,20H,1-2H3. The molecule has 0 aliphatic carbocycles. The second kappa shape index (κ2) is 7.01. The monoisotopic (exact) mass is 395 g/mol. The average molecular weight is 396 g/mol. The van der Waals surface area contributed by atoms with Crippen LogP contribution in [0.15, 0.2) is 41.3 Å². The number of hydrogen-bond acceptors (Lipinski definition) is 4. The van der Waals surface area contributed by atoms with Gasteiger partial charge < -0.3 is 9.47 Å². The molecule has 0 amide bonds. The lowest BCUT2D eigenvalue weighted by Gasteiger charge is -2.14. The summed E-state index contributed by atoms with van der Waals surface area (Å²) in [6.07, 6.45) is -4.78. The molecule has 0 unspecified atom stereocenters. The number of nitrogens with one attached hydrogen (secondary N) is 1. The Balaban J connectivity index is 2.44. The van der Waals surface area contributed by atoms with Crippen LogP contribution in [0.4, 0.5) is 18.9 Å². The fourth-order valence-electron chi connectivity index (χ4n) is 1.98. The van der Waals surface area contributed by atoms with Gasteiger partial charge in [0, 0.05) is 6.07 Å². The van der Waals surface area contributed by atoms with Crippen LogP contribution in [0.5, 0.6) is 11.5 Å². The van der Waals surface area contributed by atoms with Crippen molar-refractivity contribution in [2.75, 3.05) is 18.9 Å². The van der Waals surface area contributed by atoms with Crippen molar-refractivity contribution in [2.45, 2.75) is 11.1 Å². The van der Waals surface area contributed by atoms with Crippen LogP contribution in [0, 0.1) is 0 Å². The van der Waals surface area contributed by atoms with Gasteiger partial charge in [0.2, 0.25) is 0 Å². The highest BCUT2D eigenvalue weighted by Crippen LogP contribution is 2.37. The molecule has 0 aliphatic rings. The van der Waals surface area contributed by atoms with Gasteiger partial charge in [-0.25, -0.2) is 8.42 Å². The van der Waals surface area contributed by atoms with Crippen LogP contribution in [0.2, 0.25) is 5.02 Å². The van der Waals surface area contributed by atoms with Crippen molar-refractivity contribution in [3.63, 3.8) is 0 Å². The first kappa shape index (κ1) is 19.2. The number of ether oxygens (including phenoxy) is 2. The summed E-state index contributed by atoms with van der Waals surface area (Å²) in [5.74, 6) is 0.568. The zero-order valence-corrected chi connectivity index (χ0v) is 14.6. The summed E-state index contributed by atoms with van der Waals surface area (Å²) in [6.45, 7) is 0. The van der Waals surface area contributed by atoms with Crippen LogP contribution in [0.25, 0.3) is 0 Å². The molecule has 0 aliphatic heterocycles. The summed E-state index contributed by atoms with van der Waals surface area (Å²) in [7, 11) is -1.56. The van der Waals surface area contributed by atoms with Crippen molar-refractivity contribution < 1.29 is 31.1 Å². The lowest BCUT2D eigenvalue weighted by molar-refractivity contribution is -0.137. The summed E-state index contributed by atoms with van der Waals surface area (Å²) in [5, 5.41) is -0.589. The average Bonchev–Trinajstić information content (AvgIpc) is 2.54. The Labute approximate surface area is 147 Å². The second-order valence-corrected chi connectivity index (χ2v) is 6.90. The Bertz CT molecular complexity index is 885. The Morgan fingerprint density at radius 2 is 1.72 bits per heavy atom. The number of alkyl halides is 3. The molecule has 0 spiro atoms. The first-order chi connectivity index (χ1) is 11.6. The first-order valence-corrected chi connectivity index (χ1v) is 8.56. The first-order valence-electron chi connectivity index (χ1n) is 6.70. The summed E-state index contributed by atoms with van der Waals surface area (Å²) >= 11 is 5.50. The van der Waals surface area contributed by atoms with Gasteiger partial charge in [-0.05, 0) is 30.3 Å². The van der Waals surface area contributed by atoms with E-state index in [2.05, 4.69) is 4.72 Å². The predicted octanol–water partition coefficient (Wildman–Crippen LogP) is 4.18. The molecule has 5 nitrogen and oxygen atoms in total. The zero-order valence-electron chi connectivity index (χ0n) is 13.0. The van der Waals surface area contributed by atoms with Gasteiger partial charge in [-0.2, -0.15) is 13.2 Å². The van der Waals surface area contributed by atoms with E-state index in [0.29, 0.717) is 11.8 Å². The van der Waals surface area contributed by atoms with Gasteiger partial charge in [0.25, 0.3) is 10.0 Å². The lowest BCUT2D eigenvalue weighted by Crippen LogP contribution is -2.15. The van der Waals surface area contributed by atoms with E-state index in [1.807, 2.05) is 0 Å². The van der Waals surface area contributed by atoms with E-state index in [1.165, 1.54) is 32.4 Å². The number of sulfonamides is 1. The Morgan fingerprint density at radius 3 is 2.28 bits per heavy atom. The Morgan fingerprint density at radius 1 is 1.04 bits per heavy atom. The highest BCUT2D eigenvalue weighted by molar-refractivity contribution is 7.92. The molecule has 25 heavy (non-hydrogen) atoms. The van der Waals surface area contributed by atoms with Gasteiger partial charge in [0.05, 0.1) is 35.4 Å². The smallest absolute Gasteiger partial charge is 0.417 e. The molecule has 2 aromatic rings. The highest BCUT2D eigenvalue weighted by atomic mass is 35.5. The fraction of sp³-hybridized carbons (Fsp3) is 0.200. The molecule has 0 heterocycles. The SMILES string of the molecule is COc1ccc(NS(=O)(=O)c2ccc(Cl)c(C(F)(F)F)c2)c(OC)c1. The largest absolute Gasteiger partial charge is 0.497 e. The van der Waals surface area contributed by atoms with Gasteiger partial charge >= 0.3 is 6.18 Å². The van der Waals surface area contributed by atoms with E-state index >= 15 is 0 Å². The molecule has 10 heteroatoms.